The number of thioether (sulfide) groups is 1. The number of hydrogen-bond acceptors (Lipinski definition) is 4. The number of amides is 1. The Morgan fingerprint density at radius 1 is 1.13 bits per heavy atom. The zero-order valence-corrected chi connectivity index (χ0v) is 18.9. The van der Waals surface area contributed by atoms with Gasteiger partial charge in [0.2, 0.25) is 0 Å². The van der Waals surface area contributed by atoms with Crippen LogP contribution in [0.15, 0.2) is 71.6 Å². The van der Waals surface area contributed by atoms with Crippen LogP contribution in [0.4, 0.5) is 10.1 Å². The average molecular weight is 470 g/mol. The summed E-state index contributed by atoms with van der Waals surface area (Å²) in [4.78, 5) is 15.1. The molecule has 0 aliphatic carbocycles. The Labute approximate surface area is 194 Å². The molecule has 156 valence electrons. The Hall–Kier alpha value is -2.67. The molecule has 1 aliphatic rings. The van der Waals surface area contributed by atoms with Crippen molar-refractivity contribution in [3.05, 3.63) is 99.2 Å². The van der Waals surface area contributed by atoms with E-state index in [2.05, 4.69) is 0 Å². The summed E-state index contributed by atoms with van der Waals surface area (Å²) in [6, 6.07) is 19.4. The van der Waals surface area contributed by atoms with Crippen LogP contribution >= 0.6 is 35.6 Å². The molecular formula is C24H17ClFNO2S2. The molecule has 3 nitrogen and oxygen atoms in total. The Balaban J connectivity index is 1.54. The van der Waals surface area contributed by atoms with E-state index in [4.69, 9.17) is 28.6 Å². The van der Waals surface area contributed by atoms with Crippen LogP contribution in [0, 0.1) is 12.7 Å². The number of benzene rings is 3. The van der Waals surface area contributed by atoms with E-state index in [1.165, 1.54) is 17.8 Å². The van der Waals surface area contributed by atoms with Gasteiger partial charge in [-0.2, -0.15) is 0 Å². The second kappa shape index (κ2) is 9.22. The van der Waals surface area contributed by atoms with Crippen molar-refractivity contribution in [1.29, 1.82) is 0 Å². The summed E-state index contributed by atoms with van der Waals surface area (Å²) in [5.74, 6) is -0.0280. The van der Waals surface area contributed by atoms with Crippen LogP contribution in [0.2, 0.25) is 5.02 Å². The van der Waals surface area contributed by atoms with E-state index in [-0.39, 0.29) is 12.5 Å². The van der Waals surface area contributed by atoms with Crippen molar-refractivity contribution >= 4 is 57.6 Å². The predicted molar refractivity (Wildman–Crippen MR) is 129 cm³/mol. The average Bonchev–Trinajstić information content (AvgIpc) is 3.01. The zero-order chi connectivity index (χ0) is 22.0. The highest BCUT2D eigenvalue weighted by atomic mass is 35.5. The maximum absolute atomic E-state index is 14.0. The lowest BCUT2D eigenvalue weighted by atomic mass is 10.1. The second-order valence-corrected chi connectivity index (χ2v) is 8.95. The molecule has 0 saturated carbocycles. The molecule has 3 aromatic rings. The Morgan fingerprint density at radius 2 is 1.90 bits per heavy atom. The summed E-state index contributed by atoms with van der Waals surface area (Å²) < 4.78 is 20.2. The number of para-hydroxylation sites is 1. The van der Waals surface area contributed by atoms with E-state index in [1.54, 1.807) is 35.2 Å². The molecule has 4 rings (SSSR count). The van der Waals surface area contributed by atoms with Gasteiger partial charge in [0.15, 0.2) is 4.32 Å². The summed E-state index contributed by atoms with van der Waals surface area (Å²) in [6.45, 7) is 1.95. The minimum atomic E-state index is -0.413. The Kier molecular flexibility index (Phi) is 6.41. The minimum absolute atomic E-state index is 0.00433. The van der Waals surface area contributed by atoms with E-state index >= 15 is 0 Å². The number of ether oxygens (including phenoxy) is 1. The van der Waals surface area contributed by atoms with Crippen molar-refractivity contribution in [2.75, 3.05) is 4.90 Å². The number of anilines is 1. The van der Waals surface area contributed by atoms with Crippen molar-refractivity contribution in [3.63, 3.8) is 0 Å². The first-order chi connectivity index (χ1) is 14.9. The number of carbonyl (C=O) groups excluding carboxylic acids is 1. The lowest BCUT2D eigenvalue weighted by molar-refractivity contribution is -0.113. The zero-order valence-electron chi connectivity index (χ0n) is 16.5. The molecule has 0 radical (unpaired) electrons. The Morgan fingerprint density at radius 3 is 2.68 bits per heavy atom. The van der Waals surface area contributed by atoms with Gasteiger partial charge in [-0.15, -0.1) is 0 Å². The quantitative estimate of drug-likeness (QED) is 0.304. The maximum atomic E-state index is 14.0. The number of rotatable bonds is 5. The molecule has 0 atom stereocenters. The lowest BCUT2D eigenvalue weighted by Gasteiger charge is -2.16. The number of halogens is 2. The summed E-state index contributed by atoms with van der Waals surface area (Å²) in [7, 11) is 0. The van der Waals surface area contributed by atoms with Gasteiger partial charge in [-0.25, -0.2) is 4.39 Å². The van der Waals surface area contributed by atoms with Crippen molar-refractivity contribution < 1.29 is 13.9 Å². The number of nitrogens with zero attached hydrogens (tertiary/aromatic N) is 1. The molecule has 1 fully saturated rings. The molecule has 0 spiro atoms. The smallest absolute Gasteiger partial charge is 0.270 e. The minimum Gasteiger partial charge on any atom is -0.489 e. The van der Waals surface area contributed by atoms with E-state index < -0.39 is 5.82 Å². The molecule has 7 heteroatoms. The van der Waals surface area contributed by atoms with Crippen molar-refractivity contribution in [1.82, 2.24) is 0 Å². The molecule has 3 aromatic carbocycles. The fraction of sp³-hybridized carbons (Fsp3) is 0.0833. The lowest BCUT2D eigenvalue weighted by Crippen LogP contribution is -2.28. The molecule has 1 heterocycles. The number of aryl methyl sites for hydroxylation is 1. The fourth-order valence-electron chi connectivity index (χ4n) is 3.16. The summed E-state index contributed by atoms with van der Waals surface area (Å²) >= 11 is 12.8. The number of carbonyl (C=O) groups is 1. The van der Waals surface area contributed by atoms with E-state index in [0.717, 1.165) is 16.8 Å². The third-order valence-electron chi connectivity index (χ3n) is 4.75. The molecule has 0 bridgehead atoms. The standard InChI is InChI=1S/C24H17ClFNO2S2/c1-15-6-2-3-11-21(15)27-23(28)22(31-24(27)30)13-16-7-4-8-17(12-16)29-14-18-19(25)9-5-10-20(18)26/h2-13H,14H2,1H3. The maximum Gasteiger partial charge on any atom is 0.270 e. The van der Waals surface area contributed by atoms with Gasteiger partial charge in [0.1, 0.15) is 18.2 Å². The summed E-state index contributed by atoms with van der Waals surface area (Å²) in [5, 5.41) is 0.316. The highest BCUT2D eigenvalue weighted by Gasteiger charge is 2.33. The van der Waals surface area contributed by atoms with Crippen LogP contribution in [-0.4, -0.2) is 10.2 Å². The van der Waals surface area contributed by atoms with Crippen molar-refractivity contribution in [3.8, 4) is 5.75 Å². The van der Waals surface area contributed by atoms with E-state index in [0.29, 0.717) is 25.6 Å². The number of hydrogen-bond donors (Lipinski definition) is 0. The van der Waals surface area contributed by atoms with Crippen LogP contribution in [-0.2, 0) is 11.4 Å². The monoisotopic (exact) mass is 469 g/mol. The second-order valence-electron chi connectivity index (χ2n) is 6.86. The molecule has 0 aromatic heterocycles. The third-order valence-corrected chi connectivity index (χ3v) is 6.41. The van der Waals surface area contributed by atoms with Crippen LogP contribution in [0.5, 0.6) is 5.75 Å². The van der Waals surface area contributed by atoms with Crippen molar-refractivity contribution in [2.45, 2.75) is 13.5 Å². The SMILES string of the molecule is Cc1ccccc1N1C(=O)C(=Cc2cccc(OCc3c(F)cccc3Cl)c2)SC1=S. The van der Waals surface area contributed by atoms with Gasteiger partial charge in [-0.05, 0) is 54.5 Å². The molecule has 1 amide bonds. The largest absolute Gasteiger partial charge is 0.489 e. The van der Waals surface area contributed by atoms with Gasteiger partial charge in [0.25, 0.3) is 5.91 Å². The molecule has 0 unspecified atom stereocenters. The van der Waals surface area contributed by atoms with Gasteiger partial charge in [0.05, 0.1) is 15.6 Å². The Bertz CT molecular complexity index is 1190. The van der Waals surface area contributed by atoms with Gasteiger partial charge in [-0.3, -0.25) is 9.69 Å². The normalized spacial score (nSPS) is 15.1. The number of thiocarbonyl (C=S) groups is 1. The summed E-state index contributed by atoms with van der Waals surface area (Å²) in [6.07, 6.45) is 1.78. The predicted octanol–water partition coefficient (Wildman–Crippen LogP) is 6.77. The fourth-order valence-corrected chi connectivity index (χ4v) is 4.66. The molecule has 1 aliphatic heterocycles. The van der Waals surface area contributed by atoms with Gasteiger partial charge < -0.3 is 4.74 Å². The van der Waals surface area contributed by atoms with Crippen LogP contribution in [0.3, 0.4) is 0 Å². The molecule has 31 heavy (non-hydrogen) atoms. The highest BCUT2D eigenvalue weighted by molar-refractivity contribution is 8.27. The summed E-state index contributed by atoms with van der Waals surface area (Å²) in [5.41, 5.74) is 2.84. The molecule has 0 N–H and O–H groups in total. The van der Waals surface area contributed by atoms with Crippen LogP contribution in [0.1, 0.15) is 16.7 Å². The van der Waals surface area contributed by atoms with E-state index in [9.17, 15) is 9.18 Å². The van der Waals surface area contributed by atoms with Crippen molar-refractivity contribution in [2.24, 2.45) is 0 Å². The highest BCUT2D eigenvalue weighted by Crippen LogP contribution is 2.37. The molecule has 1 saturated heterocycles. The first-order valence-electron chi connectivity index (χ1n) is 9.43. The molecular weight excluding hydrogens is 453 g/mol. The first kappa shape index (κ1) is 21.6. The topological polar surface area (TPSA) is 29.5 Å². The van der Waals surface area contributed by atoms with Crippen LogP contribution in [0.25, 0.3) is 6.08 Å². The van der Waals surface area contributed by atoms with Gasteiger partial charge in [-0.1, -0.05) is 72.0 Å². The van der Waals surface area contributed by atoms with E-state index in [1.807, 2.05) is 43.3 Å². The van der Waals surface area contributed by atoms with Crippen LogP contribution < -0.4 is 9.64 Å². The van der Waals surface area contributed by atoms with Gasteiger partial charge in [0, 0.05) is 5.56 Å². The third kappa shape index (κ3) is 4.66. The van der Waals surface area contributed by atoms with Gasteiger partial charge >= 0.3 is 0 Å². The first-order valence-corrected chi connectivity index (χ1v) is 11.0.